The molecule has 0 unspecified atom stereocenters. The molecular formula is C14H14N4O2S. The molecular weight excluding hydrogens is 288 g/mol. The Hall–Kier alpha value is -2.15. The molecule has 21 heavy (non-hydrogen) atoms. The van der Waals surface area contributed by atoms with Crippen molar-refractivity contribution in [2.75, 3.05) is 0 Å². The van der Waals surface area contributed by atoms with Crippen LogP contribution in [0.2, 0.25) is 0 Å². The Morgan fingerprint density at radius 3 is 2.81 bits per heavy atom. The van der Waals surface area contributed by atoms with E-state index in [-0.39, 0.29) is 0 Å². The maximum atomic E-state index is 10.9. The summed E-state index contributed by atoms with van der Waals surface area (Å²) in [7, 11) is 0. The van der Waals surface area contributed by atoms with E-state index < -0.39 is 11.2 Å². The zero-order chi connectivity index (χ0) is 15.1. The number of benzene rings is 1. The van der Waals surface area contributed by atoms with Crippen molar-refractivity contribution in [1.29, 1.82) is 0 Å². The zero-order valence-corrected chi connectivity index (χ0v) is 12.7. The maximum absolute atomic E-state index is 10.9. The van der Waals surface area contributed by atoms with Crippen molar-refractivity contribution in [2.45, 2.75) is 31.2 Å². The Kier molecular flexibility index (Phi) is 3.29. The van der Waals surface area contributed by atoms with Gasteiger partial charge in [0.05, 0.1) is 5.52 Å². The van der Waals surface area contributed by atoms with Gasteiger partial charge in [0.15, 0.2) is 5.65 Å². The van der Waals surface area contributed by atoms with Gasteiger partial charge >= 0.3 is 5.97 Å². The van der Waals surface area contributed by atoms with Gasteiger partial charge < -0.3 is 10.1 Å². The van der Waals surface area contributed by atoms with Gasteiger partial charge in [0.25, 0.3) is 0 Å². The standard InChI is InChI=1S/C14H14N4O2S/c1-6-4-7(2)10-9(5-6)11-12(15-10)16-14(18-17-11)21-8(3)13(19)20/h4-5,8H,1-3H3,(H,19,20)(H,15,16,18)/t8-/m0/s1. The highest BCUT2D eigenvalue weighted by Crippen LogP contribution is 2.27. The third kappa shape index (κ3) is 2.44. The first-order valence-electron chi connectivity index (χ1n) is 6.48. The highest BCUT2D eigenvalue weighted by atomic mass is 32.2. The van der Waals surface area contributed by atoms with Gasteiger partial charge in [-0.15, -0.1) is 10.2 Å². The number of aliphatic carboxylic acids is 1. The number of rotatable bonds is 3. The van der Waals surface area contributed by atoms with E-state index in [0.29, 0.717) is 16.3 Å². The average Bonchev–Trinajstić information content (AvgIpc) is 2.77. The number of hydrogen-bond acceptors (Lipinski definition) is 5. The molecule has 0 radical (unpaired) electrons. The Morgan fingerprint density at radius 1 is 1.33 bits per heavy atom. The minimum absolute atomic E-state index is 0.360. The molecule has 0 saturated heterocycles. The summed E-state index contributed by atoms with van der Waals surface area (Å²) in [6, 6.07) is 4.14. The van der Waals surface area contributed by atoms with Crippen LogP contribution < -0.4 is 0 Å². The zero-order valence-electron chi connectivity index (χ0n) is 11.8. The van der Waals surface area contributed by atoms with Crippen molar-refractivity contribution in [2.24, 2.45) is 0 Å². The Bertz CT molecular complexity index is 859. The number of fused-ring (bicyclic) bond motifs is 3. The minimum atomic E-state index is -0.896. The molecule has 1 aromatic carbocycles. The summed E-state index contributed by atoms with van der Waals surface area (Å²) in [6.45, 7) is 5.66. The van der Waals surface area contributed by atoms with Crippen LogP contribution in [0.3, 0.4) is 0 Å². The number of carbonyl (C=O) groups is 1. The molecule has 2 N–H and O–H groups in total. The van der Waals surface area contributed by atoms with Crippen molar-refractivity contribution in [1.82, 2.24) is 20.2 Å². The number of hydrogen-bond donors (Lipinski definition) is 2. The van der Waals surface area contributed by atoms with Crippen LogP contribution in [0.5, 0.6) is 0 Å². The summed E-state index contributed by atoms with van der Waals surface area (Å²) in [4.78, 5) is 18.5. The van der Waals surface area contributed by atoms with Crippen molar-refractivity contribution in [3.8, 4) is 0 Å². The number of H-pyrrole nitrogens is 1. The molecule has 3 aromatic rings. The van der Waals surface area contributed by atoms with Crippen molar-refractivity contribution >= 4 is 39.8 Å². The molecule has 0 aliphatic carbocycles. The third-order valence-corrected chi connectivity index (χ3v) is 4.21. The predicted molar refractivity (Wildman–Crippen MR) is 81.6 cm³/mol. The van der Waals surface area contributed by atoms with Crippen molar-refractivity contribution in [3.63, 3.8) is 0 Å². The second-order valence-corrected chi connectivity index (χ2v) is 6.33. The number of thioether (sulfide) groups is 1. The van der Waals surface area contributed by atoms with Gasteiger partial charge in [-0.1, -0.05) is 23.4 Å². The largest absolute Gasteiger partial charge is 0.480 e. The lowest BCUT2D eigenvalue weighted by Gasteiger charge is -2.02. The van der Waals surface area contributed by atoms with Gasteiger partial charge in [0, 0.05) is 5.39 Å². The van der Waals surface area contributed by atoms with E-state index in [1.165, 1.54) is 0 Å². The van der Waals surface area contributed by atoms with E-state index in [2.05, 4.69) is 26.2 Å². The third-order valence-electron chi connectivity index (χ3n) is 3.28. The van der Waals surface area contributed by atoms with Crippen LogP contribution in [0.4, 0.5) is 0 Å². The number of aromatic amines is 1. The van der Waals surface area contributed by atoms with Gasteiger partial charge in [0.2, 0.25) is 5.16 Å². The smallest absolute Gasteiger partial charge is 0.316 e. The molecule has 0 aliphatic rings. The predicted octanol–water partition coefficient (Wildman–Crippen LogP) is 2.69. The van der Waals surface area contributed by atoms with E-state index >= 15 is 0 Å². The monoisotopic (exact) mass is 302 g/mol. The van der Waals surface area contributed by atoms with Gasteiger partial charge in [-0.2, -0.15) is 0 Å². The van der Waals surface area contributed by atoms with Gasteiger partial charge in [-0.05, 0) is 32.4 Å². The van der Waals surface area contributed by atoms with Crippen LogP contribution >= 0.6 is 11.8 Å². The number of aromatic nitrogens is 4. The summed E-state index contributed by atoms with van der Waals surface area (Å²) < 4.78 is 0. The maximum Gasteiger partial charge on any atom is 0.316 e. The summed E-state index contributed by atoms with van der Waals surface area (Å²) in [5.74, 6) is -0.896. The van der Waals surface area contributed by atoms with Gasteiger partial charge in [-0.25, -0.2) is 4.98 Å². The average molecular weight is 302 g/mol. The molecule has 0 bridgehead atoms. The molecule has 0 aliphatic heterocycles. The van der Waals surface area contributed by atoms with Crippen LogP contribution in [0.25, 0.3) is 22.1 Å². The highest BCUT2D eigenvalue weighted by Gasteiger charge is 2.16. The first-order valence-corrected chi connectivity index (χ1v) is 7.36. The summed E-state index contributed by atoms with van der Waals surface area (Å²) >= 11 is 1.08. The molecule has 1 atom stereocenters. The van der Waals surface area contributed by atoms with Gasteiger partial charge in [-0.3, -0.25) is 4.79 Å². The van der Waals surface area contributed by atoms with Crippen molar-refractivity contribution < 1.29 is 9.90 Å². The Labute approximate surface area is 125 Å². The summed E-state index contributed by atoms with van der Waals surface area (Å²) in [6.07, 6.45) is 0. The molecule has 3 rings (SSSR count). The quantitative estimate of drug-likeness (QED) is 0.723. The second-order valence-electron chi connectivity index (χ2n) is 5.02. The lowest BCUT2D eigenvalue weighted by Crippen LogP contribution is -2.12. The summed E-state index contributed by atoms with van der Waals surface area (Å²) in [5, 5.41) is 17.9. The van der Waals surface area contributed by atoms with E-state index in [0.717, 1.165) is 33.8 Å². The van der Waals surface area contributed by atoms with Crippen LogP contribution in [0, 0.1) is 13.8 Å². The minimum Gasteiger partial charge on any atom is -0.480 e. The number of aryl methyl sites for hydroxylation is 2. The molecule has 0 saturated carbocycles. The van der Waals surface area contributed by atoms with Crippen LogP contribution in [0.15, 0.2) is 17.3 Å². The number of nitrogens with zero attached hydrogens (tertiary/aromatic N) is 3. The van der Waals surface area contributed by atoms with Crippen LogP contribution in [-0.2, 0) is 4.79 Å². The lowest BCUT2D eigenvalue weighted by molar-refractivity contribution is -0.136. The normalized spacial score (nSPS) is 12.9. The molecule has 2 heterocycles. The Balaban J connectivity index is 2.12. The molecule has 6 nitrogen and oxygen atoms in total. The van der Waals surface area contributed by atoms with E-state index in [1.54, 1.807) is 6.92 Å². The van der Waals surface area contributed by atoms with Crippen molar-refractivity contribution in [3.05, 3.63) is 23.3 Å². The molecule has 2 aromatic heterocycles. The number of nitrogens with one attached hydrogen (secondary N) is 1. The topological polar surface area (TPSA) is 91.8 Å². The summed E-state index contributed by atoms with van der Waals surface area (Å²) in [5.41, 5.74) is 4.61. The van der Waals surface area contributed by atoms with Crippen LogP contribution in [0.1, 0.15) is 18.1 Å². The number of carboxylic acids is 1. The second kappa shape index (κ2) is 5.00. The number of carboxylic acid groups (broad SMARTS) is 1. The fourth-order valence-corrected chi connectivity index (χ4v) is 2.93. The molecule has 0 fully saturated rings. The molecule has 108 valence electrons. The Morgan fingerprint density at radius 2 is 2.10 bits per heavy atom. The van der Waals surface area contributed by atoms with Gasteiger partial charge in [0.1, 0.15) is 10.8 Å². The van der Waals surface area contributed by atoms with Crippen LogP contribution in [-0.4, -0.2) is 36.5 Å². The SMILES string of the molecule is Cc1cc(C)c2[nH]c3nc(S[C@@H](C)C(=O)O)nnc3c2c1. The van der Waals surface area contributed by atoms with E-state index in [9.17, 15) is 4.79 Å². The van der Waals surface area contributed by atoms with E-state index in [4.69, 9.17) is 5.11 Å². The molecule has 0 spiro atoms. The fourth-order valence-electron chi connectivity index (χ4n) is 2.28. The molecule has 7 heteroatoms. The first kappa shape index (κ1) is 13.8. The van der Waals surface area contributed by atoms with E-state index in [1.807, 2.05) is 19.9 Å². The first-order chi connectivity index (χ1) is 9.95. The highest BCUT2D eigenvalue weighted by molar-refractivity contribution is 8.00. The fraction of sp³-hybridized carbons (Fsp3) is 0.286. The molecule has 0 amide bonds. The lowest BCUT2D eigenvalue weighted by atomic mass is 10.1.